The molecule has 0 spiro atoms. The number of hydrogen-bond acceptors (Lipinski definition) is 5. The summed E-state index contributed by atoms with van der Waals surface area (Å²) in [5.41, 5.74) is 1.15. The highest BCUT2D eigenvalue weighted by atomic mass is 16.5. The third kappa shape index (κ3) is 3.30. The van der Waals surface area contributed by atoms with Crippen LogP contribution in [0, 0.1) is 6.92 Å². The van der Waals surface area contributed by atoms with Crippen molar-refractivity contribution in [3.63, 3.8) is 0 Å². The molecule has 0 aliphatic heterocycles. The van der Waals surface area contributed by atoms with Crippen molar-refractivity contribution < 1.29 is 19.2 Å². The van der Waals surface area contributed by atoms with Crippen LogP contribution >= 0.6 is 0 Å². The second-order valence-corrected chi connectivity index (χ2v) is 3.92. The zero-order valence-corrected chi connectivity index (χ0v) is 11.1. The van der Waals surface area contributed by atoms with Crippen molar-refractivity contribution in [3.05, 3.63) is 17.0 Å². The van der Waals surface area contributed by atoms with E-state index in [-0.39, 0.29) is 19.1 Å². The summed E-state index contributed by atoms with van der Waals surface area (Å²) in [6.45, 7) is 4.69. The van der Waals surface area contributed by atoms with Gasteiger partial charge in [-0.25, -0.2) is 0 Å². The quantitative estimate of drug-likeness (QED) is 0.774. The molecule has 1 aromatic rings. The average molecular weight is 256 g/mol. The Hall–Kier alpha value is -1.40. The van der Waals surface area contributed by atoms with Gasteiger partial charge in [0.2, 0.25) is 0 Å². The molecule has 0 saturated carbocycles. The van der Waals surface area contributed by atoms with Crippen molar-refractivity contribution in [3.8, 4) is 0 Å². The fourth-order valence-corrected chi connectivity index (χ4v) is 1.73. The molecule has 102 valence electrons. The Morgan fingerprint density at radius 3 is 2.78 bits per heavy atom. The Kier molecular flexibility index (Phi) is 5.80. The maximum Gasteiger partial charge on any atom is 0.259 e. The van der Waals surface area contributed by atoms with Crippen LogP contribution in [0.5, 0.6) is 0 Å². The van der Waals surface area contributed by atoms with Gasteiger partial charge >= 0.3 is 0 Å². The number of methoxy groups -OCH3 is 1. The first-order chi connectivity index (χ1) is 8.65. The minimum Gasteiger partial charge on any atom is -0.395 e. The third-order valence-electron chi connectivity index (χ3n) is 2.70. The molecule has 0 bridgehead atoms. The SMILES string of the molecule is CCc1noc(C)c1C(=O)N(CCO)CCOC. The standard InChI is InChI=1S/C12H20N2O4/c1-4-10-11(9(2)18-13-10)12(16)14(5-7-15)6-8-17-3/h15H,4-8H2,1-3H3. The van der Waals surface area contributed by atoms with E-state index in [9.17, 15) is 4.79 Å². The van der Waals surface area contributed by atoms with E-state index in [2.05, 4.69) is 5.16 Å². The lowest BCUT2D eigenvalue weighted by Gasteiger charge is -2.21. The van der Waals surface area contributed by atoms with Gasteiger partial charge in [-0.2, -0.15) is 0 Å². The van der Waals surface area contributed by atoms with Gasteiger partial charge in [-0.3, -0.25) is 4.79 Å². The molecular weight excluding hydrogens is 236 g/mol. The Morgan fingerprint density at radius 1 is 1.50 bits per heavy atom. The van der Waals surface area contributed by atoms with E-state index in [4.69, 9.17) is 14.4 Å². The van der Waals surface area contributed by atoms with Gasteiger partial charge in [0, 0.05) is 20.2 Å². The van der Waals surface area contributed by atoms with Crippen molar-refractivity contribution >= 4 is 5.91 Å². The van der Waals surface area contributed by atoms with Crippen LogP contribution in [0.1, 0.15) is 28.7 Å². The van der Waals surface area contributed by atoms with E-state index in [1.165, 1.54) is 0 Å². The van der Waals surface area contributed by atoms with Gasteiger partial charge in [-0.15, -0.1) is 0 Å². The first-order valence-electron chi connectivity index (χ1n) is 5.99. The fourth-order valence-electron chi connectivity index (χ4n) is 1.73. The van der Waals surface area contributed by atoms with Crippen LogP contribution in [0.2, 0.25) is 0 Å². The molecule has 0 saturated heterocycles. The van der Waals surface area contributed by atoms with E-state index in [0.29, 0.717) is 36.6 Å². The summed E-state index contributed by atoms with van der Waals surface area (Å²) in [5.74, 6) is 0.342. The van der Waals surface area contributed by atoms with Crippen LogP contribution in [0.25, 0.3) is 0 Å². The molecule has 0 aliphatic rings. The molecule has 1 N–H and O–H groups in total. The number of rotatable bonds is 7. The lowest BCUT2D eigenvalue weighted by Crippen LogP contribution is -2.36. The molecule has 0 radical (unpaired) electrons. The fraction of sp³-hybridized carbons (Fsp3) is 0.667. The molecule has 0 aromatic carbocycles. The van der Waals surface area contributed by atoms with Crippen LogP contribution in [-0.4, -0.2) is 54.5 Å². The summed E-state index contributed by atoms with van der Waals surface area (Å²) in [6, 6.07) is 0. The first-order valence-corrected chi connectivity index (χ1v) is 5.99. The van der Waals surface area contributed by atoms with E-state index < -0.39 is 0 Å². The highest BCUT2D eigenvalue weighted by Gasteiger charge is 2.23. The molecule has 1 aromatic heterocycles. The van der Waals surface area contributed by atoms with Crippen LogP contribution < -0.4 is 0 Å². The first kappa shape index (κ1) is 14.7. The molecule has 18 heavy (non-hydrogen) atoms. The second-order valence-electron chi connectivity index (χ2n) is 3.92. The zero-order valence-electron chi connectivity index (χ0n) is 11.1. The molecule has 0 unspecified atom stereocenters. The van der Waals surface area contributed by atoms with Gasteiger partial charge in [-0.1, -0.05) is 12.1 Å². The smallest absolute Gasteiger partial charge is 0.259 e. The molecule has 0 atom stereocenters. The third-order valence-corrected chi connectivity index (χ3v) is 2.70. The summed E-state index contributed by atoms with van der Waals surface area (Å²) >= 11 is 0. The predicted molar refractivity (Wildman–Crippen MR) is 65.5 cm³/mol. The lowest BCUT2D eigenvalue weighted by atomic mass is 10.1. The maximum atomic E-state index is 12.4. The lowest BCUT2D eigenvalue weighted by molar-refractivity contribution is 0.0654. The summed E-state index contributed by atoms with van der Waals surface area (Å²) in [6.07, 6.45) is 0.635. The number of aromatic nitrogens is 1. The summed E-state index contributed by atoms with van der Waals surface area (Å²) in [7, 11) is 1.57. The van der Waals surface area contributed by atoms with Crippen molar-refractivity contribution in [1.29, 1.82) is 0 Å². The van der Waals surface area contributed by atoms with Gasteiger partial charge in [-0.05, 0) is 13.3 Å². The number of aliphatic hydroxyl groups excluding tert-OH is 1. The van der Waals surface area contributed by atoms with Crippen LogP contribution in [0.15, 0.2) is 4.52 Å². The van der Waals surface area contributed by atoms with Crippen LogP contribution in [0.3, 0.4) is 0 Å². The van der Waals surface area contributed by atoms with E-state index >= 15 is 0 Å². The van der Waals surface area contributed by atoms with Crippen LogP contribution in [-0.2, 0) is 11.2 Å². The molecule has 0 aliphatic carbocycles. The molecular formula is C12H20N2O4. The topological polar surface area (TPSA) is 75.8 Å². The second kappa shape index (κ2) is 7.13. The maximum absolute atomic E-state index is 12.4. The van der Waals surface area contributed by atoms with Crippen molar-refractivity contribution in [1.82, 2.24) is 10.1 Å². The average Bonchev–Trinajstić information content (AvgIpc) is 2.74. The number of carbonyl (C=O) groups excluding carboxylic acids is 1. The monoisotopic (exact) mass is 256 g/mol. The van der Waals surface area contributed by atoms with E-state index in [1.807, 2.05) is 6.92 Å². The van der Waals surface area contributed by atoms with Crippen molar-refractivity contribution in [2.45, 2.75) is 20.3 Å². The van der Waals surface area contributed by atoms with Crippen molar-refractivity contribution in [2.75, 3.05) is 33.4 Å². The Balaban J connectivity index is 2.90. The largest absolute Gasteiger partial charge is 0.395 e. The van der Waals surface area contributed by atoms with Crippen LogP contribution in [0.4, 0.5) is 0 Å². The van der Waals surface area contributed by atoms with E-state index in [0.717, 1.165) is 0 Å². The summed E-state index contributed by atoms with van der Waals surface area (Å²) in [4.78, 5) is 13.9. The van der Waals surface area contributed by atoms with Gasteiger partial charge in [0.05, 0.1) is 18.9 Å². The normalized spacial score (nSPS) is 10.7. The number of aryl methyl sites for hydroxylation is 2. The number of hydrogen-bond donors (Lipinski definition) is 1. The summed E-state index contributed by atoms with van der Waals surface area (Å²) in [5, 5.41) is 12.9. The molecule has 6 heteroatoms. The number of aliphatic hydroxyl groups is 1. The van der Waals surface area contributed by atoms with Gasteiger partial charge < -0.3 is 19.3 Å². The highest BCUT2D eigenvalue weighted by molar-refractivity contribution is 5.96. The Bertz CT molecular complexity index is 389. The number of nitrogens with zero attached hydrogens (tertiary/aromatic N) is 2. The number of carbonyl (C=O) groups is 1. The number of amides is 1. The minimum absolute atomic E-state index is 0.0821. The minimum atomic E-state index is -0.170. The molecule has 1 amide bonds. The van der Waals surface area contributed by atoms with E-state index in [1.54, 1.807) is 18.9 Å². The Morgan fingerprint density at radius 2 is 2.22 bits per heavy atom. The summed E-state index contributed by atoms with van der Waals surface area (Å²) < 4.78 is 10.0. The number of ether oxygens (including phenoxy) is 1. The van der Waals surface area contributed by atoms with Gasteiger partial charge in [0.1, 0.15) is 11.3 Å². The molecule has 0 fully saturated rings. The molecule has 1 heterocycles. The predicted octanol–water partition coefficient (Wildman–Crippen LogP) is 0.626. The Labute approximate surface area is 107 Å². The van der Waals surface area contributed by atoms with Crippen molar-refractivity contribution in [2.24, 2.45) is 0 Å². The molecule has 1 rings (SSSR count). The molecule has 6 nitrogen and oxygen atoms in total. The van der Waals surface area contributed by atoms with Gasteiger partial charge in [0.15, 0.2) is 0 Å². The zero-order chi connectivity index (χ0) is 13.5. The highest BCUT2D eigenvalue weighted by Crippen LogP contribution is 2.16. The van der Waals surface area contributed by atoms with Gasteiger partial charge in [0.25, 0.3) is 5.91 Å².